The molecule has 0 fully saturated rings. The Morgan fingerprint density at radius 1 is 1.46 bits per heavy atom. The summed E-state index contributed by atoms with van der Waals surface area (Å²) in [5, 5.41) is 10.9. The number of fused-ring (bicyclic) bond motifs is 1. The molecular formula is C10H10OS2. The zero-order valence-electron chi connectivity index (χ0n) is 7.24. The number of benzene rings is 1. The molecule has 1 heterocycles. The molecule has 0 aliphatic heterocycles. The molecule has 0 amide bonds. The van der Waals surface area contributed by atoms with E-state index in [0.29, 0.717) is 5.06 Å². The van der Waals surface area contributed by atoms with Crippen LogP contribution in [-0.4, -0.2) is 5.11 Å². The van der Waals surface area contributed by atoms with Gasteiger partial charge in [0, 0.05) is 15.0 Å². The van der Waals surface area contributed by atoms with Crippen LogP contribution in [0.25, 0.3) is 10.1 Å². The van der Waals surface area contributed by atoms with Crippen LogP contribution < -0.4 is 0 Å². The van der Waals surface area contributed by atoms with Crippen molar-refractivity contribution in [3.63, 3.8) is 0 Å². The molecule has 0 unspecified atom stereocenters. The van der Waals surface area contributed by atoms with Gasteiger partial charge in [0.1, 0.15) is 0 Å². The number of thiophene rings is 1. The Hall–Kier alpha value is -0.670. The van der Waals surface area contributed by atoms with Crippen LogP contribution in [0.3, 0.4) is 0 Å². The zero-order valence-corrected chi connectivity index (χ0v) is 8.95. The second-order valence-corrected chi connectivity index (χ2v) is 4.46. The molecule has 0 radical (unpaired) electrons. The van der Waals surface area contributed by atoms with Crippen molar-refractivity contribution in [2.45, 2.75) is 18.2 Å². The third-order valence-electron chi connectivity index (χ3n) is 2.13. The van der Waals surface area contributed by atoms with Gasteiger partial charge in [-0.2, -0.15) is 0 Å². The van der Waals surface area contributed by atoms with Crippen LogP contribution in [0.1, 0.15) is 12.5 Å². The van der Waals surface area contributed by atoms with Crippen molar-refractivity contribution < 1.29 is 5.11 Å². The lowest BCUT2D eigenvalue weighted by Crippen LogP contribution is -1.82. The van der Waals surface area contributed by atoms with Crippen molar-refractivity contribution in [3.05, 3.63) is 23.8 Å². The van der Waals surface area contributed by atoms with E-state index >= 15 is 0 Å². The number of rotatable bonds is 1. The van der Waals surface area contributed by atoms with E-state index in [1.807, 2.05) is 18.2 Å². The smallest absolute Gasteiger partial charge is 0.172 e. The van der Waals surface area contributed by atoms with Gasteiger partial charge in [-0.1, -0.05) is 18.3 Å². The second kappa shape index (κ2) is 3.24. The maximum atomic E-state index is 9.36. The second-order valence-electron chi connectivity index (χ2n) is 2.91. The van der Waals surface area contributed by atoms with E-state index in [4.69, 9.17) is 0 Å². The lowest BCUT2D eigenvalue weighted by Gasteiger charge is -2.02. The molecule has 13 heavy (non-hydrogen) atoms. The van der Waals surface area contributed by atoms with Gasteiger partial charge in [0.2, 0.25) is 0 Å². The molecule has 1 aromatic heterocycles. The van der Waals surface area contributed by atoms with E-state index in [-0.39, 0.29) is 0 Å². The van der Waals surface area contributed by atoms with Gasteiger partial charge in [0.15, 0.2) is 5.06 Å². The van der Waals surface area contributed by atoms with Crippen molar-refractivity contribution >= 4 is 34.1 Å². The molecule has 1 N–H and O–H groups in total. The fourth-order valence-electron chi connectivity index (χ4n) is 1.52. The summed E-state index contributed by atoms with van der Waals surface area (Å²) >= 11 is 5.80. The largest absolute Gasteiger partial charge is 0.499 e. The molecule has 3 heteroatoms. The summed E-state index contributed by atoms with van der Waals surface area (Å²) in [5.41, 5.74) is 1.22. The molecule has 0 saturated heterocycles. The van der Waals surface area contributed by atoms with Crippen LogP contribution in [-0.2, 0) is 6.42 Å². The Morgan fingerprint density at radius 3 is 2.92 bits per heavy atom. The summed E-state index contributed by atoms with van der Waals surface area (Å²) < 4.78 is 1.13. The Morgan fingerprint density at radius 2 is 2.23 bits per heavy atom. The van der Waals surface area contributed by atoms with Crippen LogP contribution in [0.4, 0.5) is 0 Å². The molecule has 0 bridgehead atoms. The molecule has 68 valence electrons. The summed E-state index contributed by atoms with van der Waals surface area (Å²) in [4.78, 5) is 1.01. The van der Waals surface area contributed by atoms with Gasteiger partial charge in [0.05, 0.1) is 0 Å². The molecule has 0 saturated carbocycles. The summed E-state index contributed by atoms with van der Waals surface area (Å²) in [7, 11) is 0. The van der Waals surface area contributed by atoms with Crippen LogP contribution in [0.15, 0.2) is 23.1 Å². The fourth-order valence-corrected chi connectivity index (χ4v) is 2.70. The fraction of sp³-hybridized carbons (Fsp3) is 0.200. The van der Waals surface area contributed by atoms with Gasteiger partial charge in [-0.15, -0.1) is 12.6 Å². The number of aryl methyl sites for hydroxylation is 1. The lowest BCUT2D eigenvalue weighted by molar-refractivity contribution is 0.491. The molecule has 2 aromatic rings. The molecule has 0 spiro atoms. The van der Waals surface area contributed by atoms with Crippen LogP contribution in [0.2, 0.25) is 0 Å². The minimum atomic E-state index is 0.378. The first-order valence-corrected chi connectivity index (χ1v) is 5.42. The molecule has 0 aliphatic rings. The third kappa shape index (κ3) is 1.42. The van der Waals surface area contributed by atoms with E-state index < -0.39 is 0 Å². The van der Waals surface area contributed by atoms with E-state index in [0.717, 1.165) is 21.4 Å². The Bertz CT molecular complexity index is 445. The van der Waals surface area contributed by atoms with Gasteiger partial charge >= 0.3 is 0 Å². The van der Waals surface area contributed by atoms with Crippen molar-refractivity contribution in [1.29, 1.82) is 0 Å². The van der Waals surface area contributed by atoms with Crippen LogP contribution in [0.5, 0.6) is 5.06 Å². The summed E-state index contributed by atoms with van der Waals surface area (Å²) in [6.07, 6.45) is 0.951. The maximum absolute atomic E-state index is 9.36. The third-order valence-corrected chi connectivity index (χ3v) is 3.45. The SMILES string of the molecule is CCc1c(S)ccc2sc(O)cc12. The van der Waals surface area contributed by atoms with E-state index in [2.05, 4.69) is 19.6 Å². The molecule has 2 rings (SSSR count). The lowest BCUT2D eigenvalue weighted by atomic mass is 10.1. The average molecular weight is 210 g/mol. The van der Waals surface area contributed by atoms with Gasteiger partial charge in [-0.3, -0.25) is 0 Å². The first kappa shape index (κ1) is 8.91. The number of hydrogen-bond acceptors (Lipinski definition) is 3. The Kier molecular flexibility index (Phi) is 2.22. The predicted octanol–water partition coefficient (Wildman–Crippen LogP) is 3.46. The highest BCUT2D eigenvalue weighted by molar-refractivity contribution is 7.80. The summed E-state index contributed by atoms with van der Waals surface area (Å²) in [6, 6.07) is 5.81. The minimum Gasteiger partial charge on any atom is -0.499 e. The van der Waals surface area contributed by atoms with Crippen molar-refractivity contribution in [2.24, 2.45) is 0 Å². The number of thiol groups is 1. The van der Waals surface area contributed by atoms with E-state index in [1.54, 1.807) is 0 Å². The number of hydrogen-bond donors (Lipinski definition) is 2. The first-order valence-electron chi connectivity index (χ1n) is 4.15. The molecule has 0 atom stereocenters. The summed E-state index contributed by atoms with van der Waals surface area (Å²) in [5.74, 6) is 0. The van der Waals surface area contributed by atoms with Gasteiger partial charge in [-0.05, 0) is 30.2 Å². The minimum absolute atomic E-state index is 0.378. The first-order chi connectivity index (χ1) is 6.22. The topological polar surface area (TPSA) is 20.2 Å². The average Bonchev–Trinajstić information content (AvgIpc) is 2.45. The highest BCUT2D eigenvalue weighted by Gasteiger charge is 2.06. The highest BCUT2D eigenvalue weighted by Crippen LogP contribution is 2.35. The summed E-state index contributed by atoms with van der Waals surface area (Å²) in [6.45, 7) is 2.10. The van der Waals surface area contributed by atoms with Crippen molar-refractivity contribution in [3.8, 4) is 5.06 Å². The molecule has 1 aromatic carbocycles. The van der Waals surface area contributed by atoms with Gasteiger partial charge in [-0.25, -0.2) is 0 Å². The van der Waals surface area contributed by atoms with Gasteiger partial charge < -0.3 is 5.11 Å². The molecule has 1 nitrogen and oxygen atoms in total. The van der Waals surface area contributed by atoms with Crippen molar-refractivity contribution in [1.82, 2.24) is 0 Å². The van der Waals surface area contributed by atoms with Gasteiger partial charge in [0.25, 0.3) is 0 Å². The quantitative estimate of drug-likeness (QED) is 0.691. The van der Waals surface area contributed by atoms with E-state index in [9.17, 15) is 5.11 Å². The van der Waals surface area contributed by atoms with Crippen LogP contribution >= 0.6 is 24.0 Å². The standard InChI is InChI=1S/C10H10OS2/c1-2-6-7-5-10(11)13-9(7)4-3-8(6)12/h3-5,11-12H,2H2,1H3. The predicted molar refractivity (Wildman–Crippen MR) is 60.1 cm³/mol. The molecular weight excluding hydrogens is 200 g/mol. The highest BCUT2D eigenvalue weighted by atomic mass is 32.1. The molecule has 0 aliphatic carbocycles. The maximum Gasteiger partial charge on any atom is 0.172 e. The normalized spacial score (nSPS) is 10.9. The van der Waals surface area contributed by atoms with Crippen molar-refractivity contribution in [2.75, 3.05) is 0 Å². The monoisotopic (exact) mass is 210 g/mol. The van der Waals surface area contributed by atoms with Crippen LogP contribution in [0, 0.1) is 0 Å². The zero-order chi connectivity index (χ0) is 9.42. The Balaban J connectivity index is 2.82. The van der Waals surface area contributed by atoms with E-state index in [1.165, 1.54) is 16.9 Å². The number of aromatic hydroxyl groups is 1. The Labute approximate surface area is 86.4 Å².